The molecule has 0 saturated heterocycles. The zero-order valence-corrected chi connectivity index (χ0v) is 13.0. The highest BCUT2D eigenvalue weighted by atomic mass is 32.2. The zero-order chi connectivity index (χ0) is 15.9. The molecule has 0 aromatic carbocycles. The molecule has 0 atom stereocenters. The predicted molar refractivity (Wildman–Crippen MR) is 75.3 cm³/mol. The highest BCUT2D eigenvalue weighted by Crippen LogP contribution is 2.06. The van der Waals surface area contributed by atoms with Crippen molar-refractivity contribution in [2.45, 2.75) is 31.7 Å². The Morgan fingerprint density at radius 3 is 2.86 bits per heavy atom. The number of aromatic nitrogens is 2. The van der Waals surface area contributed by atoms with Crippen LogP contribution in [0.25, 0.3) is 0 Å². The number of nitrogens with one attached hydrogen (secondary N) is 1. The lowest BCUT2D eigenvalue weighted by Crippen LogP contribution is -2.25. The number of carbonyl (C=O) groups is 1. The van der Waals surface area contributed by atoms with E-state index in [-0.39, 0.29) is 18.0 Å². The average molecular weight is 319 g/mol. The van der Waals surface area contributed by atoms with Crippen molar-refractivity contribution in [2.75, 3.05) is 19.8 Å². The van der Waals surface area contributed by atoms with E-state index >= 15 is 0 Å². The predicted octanol–water partition coefficient (Wildman–Crippen LogP) is 0.309. The normalized spacial score (nSPS) is 12.0. The monoisotopic (exact) mass is 319 g/mol. The van der Waals surface area contributed by atoms with Crippen molar-refractivity contribution in [3.05, 3.63) is 12.4 Å². The van der Waals surface area contributed by atoms with Gasteiger partial charge in [-0.05, 0) is 12.3 Å². The second-order valence-corrected chi connectivity index (χ2v) is 6.75. The van der Waals surface area contributed by atoms with Gasteiger partial charge < -0.3 is 9.84 Å². The van der Waals surface area contributed by atoms with Gasteiger partial charge in [0.1, 0.15) is 11.4 Å². The van der Waals surface area contributed by atoms with Gasteiger partial charge in [0, 0.05) is 26.0 Å². The molecule has 0 bridgehead atoms. The van der Waals surface area contributed by atoms with Crippen LogP contribution in [0.5, 0.6) is 0 Å². The molecule has 0 saturated carbocycles. The summed E-state index contributed by atoms with van der Waals surface area (Å²) in [6.07, 6.45) is 2.88. The third-order valence-electron chi connectivity index (χ3n) is 2.43. The minimum atomic E-state index is -3.66. The Kier molecular flexibility index (Phi) is 6.79. The number of carboxylic acids is 1. The molecular weight excluding hydrogens is 298 g/mol. The van der Waals surface area contributed by atoms with Crippen LogP contribution in [0.2, 0.25) is 0 Å². The molecule has 9 heteroatoms. The van der Waals surface area contributed by atoms with E-state index in [0.717, 1.165) is 10.9 Å². The molecule has 120 valence electrons. The smallest absolute Gasteiger partial charge is 0.325 e. The summed E-state index contributed by atoms with van der Waals surface area (Å²) in [7, 11) is -3.66. The molecule has 1 rings (SSSR count). The maximum absolute atomic E-state index is 11.9. The lowest BCUT2D eigenvalue weighted by Gasteiger charge is -2.07. The van der Waals surface area contributed by atoms with Crippen LogP contribution < -0.4 is 4.72 Å². The average Bonchev–Trinajstić information content (AvgIpc) is 2.81. The molecule has 0 fully saturated rings. The molecule has 2 N–H and O–H groups in total. The molecule has 0 aliphatic carbocycles. The lowest BCUT2D eigenvalue weighted by molar-refractivity contribution is -0.137. The largest absolute Gasteiger partial charge is 0.480 e. The van der Waals surface area contributed by atoms with Gasteiger partial charge in [-0.25, -0.2) is 13.1 Å². The van der Waals surface area contributed by atoms with Crippen molar-refractivity contribution in [3.63, 3.8) is 0 Å². The van der Waals surface area contributed by atoms with Gasteiger partial charge in [0.15, 0.2) is 0 Å². The molecule has 0 aliphatic rings. The van der Waals surface area contributed by atoms with Crippen molar-refractivity contribution >= 4 is 16.0 Å². The second kappa shape index (κ2) is 8.11. The molecule has 0 spiro atoms. The van der Waals surface area contributed by atoms with E-state index in [1.807, 2.05) is 13.8 Å². The molecule has 1 aromatic heterocycles. The number of hydrogen-bond donors (Lipinski definition) is 2. The Bertz CT molecular complexity index is 553. The van der Waals surface area contributed by atoms with Crippen molar-refractivity contribution in [3.8, 4) is 0 Å². The van der Waals surface area contributed by atoms with Gasteiger partial charge in [0.2, 0.25) is 10.0 Å². The topological polar surface area (TPSA) is 111 Å². The summed E-state index contributed by atoms with van der Waals surface area (Å²) in [6, 6.07) is 0. The number of nitrogens with zero attached hydrogens (tertiary/aromatic N) is 2. The molecule has 0 aliphatic heterocycles. The third-order valence-corrected chi connectivity index (χ3v) is 3.84. The van der Waals surface area contributed by atoms with E-state index in [1.54, 1.807) is 0 Å². The van der Waals surface area contributed by atoms with Crippen LogP contribution in [0.4, 0.5) is 0 Å². The van der Waals surface area contributed by atoms with Gasteiger partial charge >= 0.3 is 5.97 Å². The molecule has 1 aromatic rings. The van der Waals surface area contributed by atoms with Crippen molar-refractivity contribution in [2.24, 2.45) is 5.92 Å². The summed E-state index contributed by atoms with van der Waals surface area (Å²) in [6.45, 7) is 5.09. The van der Waals surface area contributed by atoms with Crippen molar-refractivity contribution < 1.29 is 23.1 Å². The lowest BCUT2D eigenvalue weighted by atomic mass is 10.2. The number of sulfonamides is 1. The minimum Gasteiger partial charge on any atom is -0.480 e. The minimum absolute atomic E-state index is 0.0492. The number of carboxylic acid groups (broad SMARTS) is 1. The first-order chi connectivity index (χ1) is 9.81. The first kappa shape index (κ1) is 17.6. The van der Waals surface area contributed by atoms with Gasteiger partial charge in [-0.15, -0.1) is 0 Å². The molecule has 0 amide bonds. The Morgan fingerprint density at radius 1 is 1.52 bits per heavy atom. The van der Waals surface area contributed by atoms with Crippen LogP contribution in [0.3, 0.4) is 0 Å². The number of ether oxygens (including phenoxy) is 1. The summed E-state index contributed by atoms with van der Waals surface area (Å²) >= 11 is 0. The highest BCUT2D eigenvalue weighted by molar-refractivity contribution is 7.89. The number of rotatable bonds is 10. The molecular formula is C12H21N3O5S. The SMILES string of the molecule is CC(C)COCCCNS(=O)(=O)c1cnn(CC(=O)O)c1. The van der Waals surface area contributed by atoms with E-state index in [0.29, 0.717) is 25.6 Å². The quantitative estimate of drug-likeness (QED) is 0.600. The van der Waals surface area contributed by atoms with Crippen LogP contribution in [0.15, 0.2) is 17.3 Å². The van der Waals surface area contributed by atoms with E-state index in [4.69, 9.17) is 9.84 Å². The van der Waals surface area contributed by atoms with Crippen LogP contribution in [-0.2, 0) is 26.1 Å². The van der Waals surface area contributed by atoms with E-state index in [2.05, 4.69) is 9.82 Å². The highest BCUT2D eigenvalue weighted by Gasteiger charge is 2.16. The number of hydrogen-bond acceptors (Lipinski definition) is 5. The van der Waals surface area contributed by atoms with Gasteiger partial charge in [-0.1, -0.05) is 13.8 Å². The summed E-state index contributed by atoms with van der Waals surface area (Å²) < 4.78 is 32.7. The fourth-order valence-corrected chi connectivity index (χ4v) is 2.52. The maximum Gasteiger partial charge on any atom is 0.325 e. The van der Waals surface area contributed by atoms with Gasteiger partial charge in [-0.3, -0.25) is 9.48 Å². The molecule has 21 heavy (non-hydrogen) atoms. The summed E-state index contributed by atoms with van der Waals surface area (Å²) in [4.78, 5) is 10.5. The molecule has 1 heterocycles. The van der Waals surface area contributed by atoms with Crippen molar-refractivity contribution in [1.29, 1.82) is 0 Å². The Labute approximate surface area is 124 Å². The first-order valence-electron chi connectivity index (χ1n) is 6.63. The van der Waals surface area contributed by atoms with Gasteiger partial charge in [0.25, 0.3) is 0 Å². The van der Waals surface area contributed by atoms with Crippen LogP contribution in [0.1, 0.15) is 20.3 Å². The fraction of sp³-hybridized carbons (Fsp3) is 0.667. The Balaban J connectivity index is 2.39. The van der Waals surface area contributed by atoms with Crippen LogP contribution in [0, 0.1) is 5.92 Å². The Morgan fingerprint density at radius 2 is 2.24 bits per heavy atom. The molecule has 0 unspecified atom stereocenters. The van der Waals surface area contributed by atoms with Crippen LogP contribution >= 0.6 is 0 Å². The summed E-state index contributed by atoms with van der Waals surface area (Å²) in [5.41, 5.74) is 0. The van der Waals surface area contributed by atoms with Gasteiger partial charge in [-0.2, -0.15) is 5.10 Å². The van der Waals surface area contributed by atoms with Gasteiger partial charge in [0.05, 0.1) is 6.20 Å². The first-order valence-corrected chi connectivity index (χ1v) is 8.11. The summed E-state index contributed by atoms with van der Waals surface area (Å²) in [5.74, 6) is -0.640. The summed E-state index contributed by atoms with van der Waals surface area (Å²) in [5, 5.41) is 12.3. The van der Waals surface area contributed by atoms with Crippen molar-refractivity contribution in [1.82, 2.24) is 14.5 Å². The van der Waals surface area contributed by atoms with E-state index in [9.17, 15) is 13.2 Å². The van der Waals surface area contributed by atoms with Crippen LogP contribution in [-0.4, -0.2) is 49.0 Å². The fourth-order valence-electron chi connectivity index (χ4n) is 1.49. The molecule has 0 radical (unpaired) electrons. The zero-order valence-electron chi connectivity index (χ0n) is 12.2. The second-order valence-electron chi connectivity index (χ2n) is 4.99. The Hall–Kier alpha value is -1.45. The molecule has 8 nitrogen and oxygen atoms in total. The third kappa shape index (κ3) is 6.69. The van der Waals surface area contributed by atoms with E-state index in [1.165, 1.54) is 6.20 Å². The maximum atomic E-state index is 11.9. The number of aliphatic carboxylic acids is 1. The van der Waals surface area contributed by atoms with E-state index < -0.39 is 16.0 Å². The standard InChI is InChI=1S/C12H21N3O5S/c1-10(2)9-20-5-3-4-14-21(18,19)11-6-13-15(7-11)8-12(16)17/h6-7,10,14H,3-5,8-9H2,1-2H3,(H,16,17).